The van der Waals surface area contributed by atoms with Crippen molar-refractivity contribution in [3.05, 3.63) is 13.3 Å². The van der Waals surface area contributed by atoms with Crippen molar-refractivity contribution in [1.29, 1.82) is 0 Å². The molecule has 0 heterocycles. The number of carbonyl (C=O) groups is 1. The van der Waals surface area contributed by atoms with Crippen molar-refractivity contribution in [3.8, 4) is 0 Å². The fraction of sp³-hybridized carbons (Fsp3) is 0.889. The van der Waals surface area contributed by atoms with Gasteiger partial charge in [0, 0.05) is 30.1 Å². The minimum absolute atomic E-state index is 0.296. The van der Waals surface area contributed by atoms with Gasteiger partial charge in [-0.2, -0.15) is 0 Å². The average Bonchev–Trinajstić information content (AvgIpc) is 3.06. The highest BCUT2D eigenvalue weighted by atomic mass is 35.5. The molecule has 5 aliphatic carbocycles. The molecule has 160 valence electrons. The van der Waals surface area contributed by atoms with Crippen LogP contribution in [0.4, 0.5) is 0 Å². The van der Waals surface area contributed by atoms with E-state index in [0.717, 1.165) is 54.8 Å². The van der Waals surface area contributed by atoms with Gasteiger partial charge in [-0.25, -0.2) is 0 Å². The molecule has 10 atom stereocenters. The lowest BCUT2D eigenvalue weighted by molar-refractivity contribution is -0.227. The molecule has 1 nitrogen and oxygen atoms in total. The summed E-state index contributed by atoms with van der Waals surface area (Å²) in [5.74, 6) is 6.36. The largest absolute Gasteiger partial charge is 0.300 e. The average molecular weight is 417 g/mol. The first-order chi connectivity index (χ1) is 13.9. The van der Waals surface area contributed by atoms with Crippen LogP contribution in [0.25, 0.3) is 0 Å². The maximum atomic E-state index is 12.1. The Labute approximate surface area is 184 Å². The Morgan fingerprint density at radius 1 is 1.21 bits per heavy atom. The summed E-state index contributed by atoms with van der Waals surface area (Å²) in [4.78, 5) is 12.1. The lowest BCUT2D eigenvalue weighted by atomic mass is 9.32. The number of alkyl halides is 1. The highest BCUT2D eigenvalue weighted by Crippen LogP contribution is 2.77. The second-order valence-corrected chi connectivity index (χ2v) is 12.5. The number of hydrogen-bond donors (Lipinski definition) is 0. The third-order valence-corrected chi connectivity index (χ3v) is 11.1. The van der Waals surface area contributed by atoms with Crippen LogP contribution in [0.15, 0.2) is 0 Å². The van der Waals surface area contributed by atoms with Crippen LogP contribution in [0.1, 0.15) is 90.9 Å². The number of fused-ring (bicyclic) bond motifs is 2. The molecule has 0 radical (unpaired) electrons. The Balaban J connectivity index is 1.35. The molecule has 10 unspecified atom stereocenters. The summed E-state index contributed by atoms with van der Waals surface area (Å²) >= 11 is 6.20. The fourth-order valence-electron chi connectivity index (χ4n) is 9.94. The molecule has 0 aliphatic heterocycles. The van der Waals surface area contributed by atoms with Crippen LogP contribution in [-0.2, 0) is 4.79 Å². The predicted molar refractivity (Wildman–Crippen MR) is 120 cm³/mol. The lowest BCUT2D eigenvalue weighted by Gasteiger charge is -2.70. The summed E-state index contributed by atoms with van der Waals surface area (Å²) in [6, 6.07) is 0. The van der Waals surface area contributed by atoms with Crippen molar-refractivity contribution in [2.45, 2.75) is 96.3 Å². The molecule has 0 aromatic heterocycles. The predicted octanol–water partition coefficient (Wildman–Crippen LogP) is 7.28. The van der Waals surface area contributed by atoms with Crippen LogP contribution in [0.3, 0.4) is 0 Å². The summed E-state index contributed by atoms with van der Waals surface area (Å²) in [5.41, 5.74) is 1.02. The van der Waals surface area contributed by atoms with Gasteiger partial charge in [0.05, 0.1) is 20.3 Å². The molecule has 5 aliphatic rings. The summed E-state index contributed by atoms with van der Waals surface area (Å²) in [6.07, 6.45) is 17.7. The van der Waals surface area contributed by atoms with E-state index < -0.39 is 0 Å². The van der Waals surface area contributed by atoms with Gasteiger partial charge in [0.25, 0.3) is 0 Å². The zero-order valence-electron chi connectivity index (χ0n) is 18.7. The van der Waals surface area contributed by atoms with Gasteiger partial charge in [0.15, 0.2) is 0 Å². The second-order valence-electron chi connectivity index (χ2n) is 11.8. The van der Waals surface area contributed by atoms with E-state index in [9.17, 15) is 4.79 Å². The Kier molecular flexibility index (Phi) is 5.25. The molecule has 0 aromatic rings. The van der Waals surface area contributed by atoms with Crippen molar-refractivity contribution in [1.82, 2.24) is 0 Å². The molecule has 1 spiro atoms. The van der Waals surface area contributed by atoms with Crippen molar-refractivity contribution in [2.75, 3.05) is 0 Å². The van der Waals surface area contributed by atoms with Crippen molar-refractivity contribution >= 4 is 17.4 Å². The van der Waals surface area contributed by atoms with E-state index in [4.69, 9.17) is 18.5 Å². The number of rotatable bonds is 6. The Bertz CT molecular complexity index is 642. The molecule has 0 amide bonds. The van der Waals surface area contributed by atoms with Crippen molar-refractivity contribution in [2.24, 2.45) is 52.3 Å². The normalized spacial score (nSPS) is 50.0. The molecule has 5 rings (SSSR count). The molecule has 0 aromatic carbocycles. The van der Waals surface area contributed by atoms with E-state index in [2.05, 4.69) is 20.3 Å². The summed E-state index contributed by atoms with van der Waals surface area (Å²) < 4.78 is 0. The smallest absolute Gasteiger partial charge is 0.133 e. The van der Waals surface area contributed by atoms with E-state index in [-0.39, 0.29) is 0 Å². The summed E-state index contributed by atoms with van der Waals surface area (Å²) in [5, 5.41) is 0.296. The number of halogens is 1. The Hall–Kier alpha value is -0.300. The van der Waals surface area contributed by atoms with Crippen LogP contribution in [0, 0.1) is 65.6 Å². The summed E-state index contributed by atoms with van der Waals surface area (Å²) in [6.45, 7) is 9.21. The van der Waals surface area contributed by atoms with Gasteiger partial charge in [-0.1, -0.05) is 0 Å². The first-order valence-corrected chi connectivity index (χ1v) is 13.1. The maximum absolute atomic E-state index is 12.1. The van der Waals surface area contributed by atoms with Crippen LogP contribution < -0.4 is 0 Å². The highest BCUT2D eigenvalue weighted by Gasteiger charge is 2.73. The Morgan fingerprint density at radius 3 is 2.79 bits per heavy atom. The third kappa shape index (κ3) is 2.95. The first kappa shape index (κ1) is 20.6. The first-order valence-electron chi connectivity index (χ1n) is 12.7. The van der Waals surface area contributed by atoms with Crippen molar-refractivity contribution in [3.63, 3.8) is 0 Å². The van der Waals surface area contributed by atoms with Crippen LogP contribution in [-0.4, -0.2) is 11.2 Å². The summed E-state index contributed by atoms with van der Waals surface area (Å²) in [7, 11) is 0. The lowest BCUT2D eigenvalue weighted by Crippen LogP contribution is -2.66. The third-order valence-electron chi connectivity index (χ3n) is 10.9. The molecule has 2 heteroatoms. The fourth-order valence-corrected chi connectivity index (χ4v) is 10.1. The van der Waals surface area contributed by atoms with Crippen LogP contribution in [0.2, 0.25) is 0 Å². The zero-order chi connectivity index (χ0) is 20.4. The molecular formula is C27H41ClO+2. The van der Waals surface area contributed by atoms with E-state index in [1.54, 1.807) is 0 Å². The zero-order valence-corrected chi connectivity index (χ0v) is 19.4. The minimum atomic E-state index is 0.296. The number of carbonyl (C=O) groups excluding carboxylic acids is 1. The molecule has 5 saturated carbocycles. The standard InChI is InChI=1S/C27H41ClO/c1-4-26-15-19-16-27-13-12-21(29)14-20(27)8-9-22(25(19)27)24(26)11-10-23(26)17(2)6-5-7-18(3)28/h4,17-20,22-25H,2,5-16H2,1,3H3/q+2. The number of hydrogen-bond acceptors (Lipinski definition) is 1. The SMILES string of the molecule is [CH2+]C(CCCC(C)Cl)C1CCC2C3CCC4CC(=O)CCC45CC(CC12[CH+]C)C35. The number of Topliss-reactive ketones (excluding diaryl/α,β-unsaturated/α-hetero) is 1. The van der Waals surface area contributed by atoms with Gasteiger partial charge >= 0.3 is 0 Å². The molecular weight excluding hydrogens is 376 g/mol. The van der Waals surface area contributed by atoms with Gasteiger partial charge in [-0.3, -0.25) is 4.79 Å². The highest BCUT2D eigenvalue weighted by molar-refractivity contribution is 6.20. The van der Waals surface area contributed by atoms with Crippen LogP contribution in [0.5, 0.6) is 0 Å². The quantitative estimate of drug-likeness (QED) is 0.328. The van der Waals surface area contributed by atoms with Gasteiger partial charge in [-0.05, 0) is 100 Å². The molecule has 5 fully saturated rings. The van der Waals surface area contributed by atoms with E-state index in [0.29, 0.717) is 27.9 Å². The van der Waals surface area contributed by atoms with Gasteiger partial charge in [-0.15, -0.1) is 11.6 Å². The topological polar surface area (TPSA) is 17.1 Å². The molecule has 0 saturated heterocycles. The monoisotopic (exact) mass is 416 g/mol. The number of ketones is 1. The molecule has 29 heavy (non-hydrogen) atoms. The maximum Gasteiger partial charge on any atom is 0.133 e. The van der Waals surface area contributed by atoms with E-state index in [1.165, 1.54) is 57.8 Å². The Morgan fingerprint density at radius 2 is 2.03 bits per heavy atom. The van der Waals surface area contributed by atoms with Gasteiger partial charge < -0.3 is 0 Å². The van der Waals surface area contributed by atoms with Crippen molar-refractivity contribution < 1.29 is 4.79 Å². The van der Waals surface area contributed by atoms with Gasteiger partial charge in [0.1, 0.15) is 17.1 Å². The van der Waals surface area contributed by atoms with Crippen LogP contribution >= 0.6 is 11.6 Å². The van der Waals surface area contributed by atoms with E-state index in [1.807, 2.05) is 0 Å². The van der Waals surface area contributed by atoms with E-state index >= 15 is 0 Å². The minimum Gasteiger partial charge on any atom is -0.300 e. The molecule has 0 bridgehead atoms. The molecule has 0 N–H and O–H groups in total. The van der Waals surface area contributed by atoms with Gasteiger partial charge in [0.2, 0.25) is 0 Å². The second kappa shape index (κ2) is 7.39.